The fourth-order valence-electron chi connectivity index (χ4n) is 0.329. The monoisotopic (exact) mass is 129 g/mol. The zero-order chi connectivity index (χ0) is 6.24. The first-order valence-corrected chi connectivity index (χ1v) is 3.03. The smallest absolute Gasteiger partial charge is 0.0624 e. The van der Waals surface area contributed by atoms with Gasteiger partial charge in [-0.3, -0.25) is 0 Å². The Labute approximate surface area is 54.6 Å². The van der Waals surface area contributed by atoms with Gasteiger partial charge in [-0.2, -0.15) is 5.26 Å². The highest BCUT2D eigenvalue weighted by atomic mass is 35.5. The summed E-state index contributed by atoms with van der Waals surface area (Å²) in [5.74, 6) is 0.547. The van der Waals surface area contributed by atoms with Crippen molar-refractivity contribution in [2.45, 2.75) is 12.8 Å². The molecule has 0 saturated carbocycles. The Bertz CT molecular complexity index is 102. The van der Waals surface area contributed by atoms with Gasteiger partial charge in [0.2, 0.25) is 0 Å². The zero-order valence-corrected chi connectivity index (χ0v) is 5.36. The van der Waals surface area contributed by atoms with Crippen LogP contribution in [0.3, 0.4) is 0 Å². The molecule has 0 radical (unpaired) electrons. The molecule has 0 spiro atoms. The van der Waals surface area contributed by atoms with Gasteiger partial charge in [-0.1, -0.05) is 12.2 Å². The van der Waals surface area contributed by atoms with E-state index in [0.29, 0.717) is 12.3 Å². The molecule has 0 unspecified atom stereocenters. The van der Waals surface area contributed by atoms with Crippen molar-refractivity contribution in [2.75, 3.05) is 5.88 Å². The summed E-state index contributed by atoms with van der Waals surface area (Å²) in [7, 11) is 0. The summed E-state index contributed by atoms with van der Waals surface area (Å²) >= 11 is 5.31. The van der Waals surface area contributed by atoms with Crippen LogP contribution in [0, 0.1) is 11.3 Å². The molecule has 0 aliphatic heterocycles. The Kier molecular flexibility index (Phi) is 6.13. The lowest BCUT2D eigenvalue weighted by molar-refractivity contribution is 1.06. The van der Waals surface area contributed by atoms with Gasteiger partial charge in [-0.15, -0.1) is 11.6 Å². The molecule has 0 aliphatic carbocycles. The van der Waals surface area contributed by atoms with Crippen molar-refractivity contribution in [2.24, 2.45) is 0 Å². The summed E-state index contributed by atoms with van der Waals surface area (Å²) in [4.78, 5) is 0. The molecule has 0 aromatic carbocycles. The van der Waals surface area contributed by atoms with Gasteiger partial charge in [-0.05, 0) is 6.42 Å². The van der Waals surface area contributed by atoms with E-state index in [1.165, 1.54) is 0 Å². The Morgan fingerprint density at radius 1 is 1.50 bits per heavy atom. The molecule has 0 amide bonds. The zero-order valence-electron chi connectivity index (χ0n) is 4.60. The first kappa shape index (κ1) is 7.52. The second-order valence-corrected chi connectivity index (χ2v) is 1.63. The van der Waals surface area contributed by atoms with Crippen LogP contribution < -0.4 is 0 Å². The van der Waals surface area contributed by atoms with Gasteiger partial charge in [0.25, 0.3) is 0 Å². The molecule has 1 nitrogen and oxygen atoms in total. The average Bonchev–Trinajstić information content (AvgIpc) is 1.81. The number of halogens is 1. The highest BCUT2D eigenvalue weighted by Crippen LogP contribution is 1.88. The largest absolute Gasteiger partial charge is 0.198 e. The Hall–Kier alpha value is -0.480. The number of rotatable bonds is 3. The highest BCUT2D eigenvalue weighted by Gasteiger charge is 1.74. The summed E-state index contributed by atoms with van der Waals surface area (Å²) in [6, 6.07) is 2.03. The van der Waals surface area contributed by atoms with Gasteiger partial charge in [0, 0.05) is 12.3 Å². The number of hydrogen-bond donors (Lipinski definition) is 0. The van der Waals surface area contributed by atoms with E-state index < -0.39 is 0 Å². The van der Waals surface area contributed by atoms with Crippen molar-refractivity contribution >= 4 is 11.6 Å². The Morgan fingerprint density at radius 2 is 2.25 bits per heavy atom. The van der Waals surface area contributed by atoms with Crippen LogP contribution in [0.2, 0.25) is 0 Å². The fourth-order valence-corrected chi connectivity index (χ4v) is 0.455. The van der Waals surface area contributed by atoms with Crippen LogP contribution in [0.1, 0.15) is 12.8 Å². The first-order chi connectivity index (χ1) is 3.91. The molecule has 44 valence electrons. The van der Waals surface area contributed by atoms with Crippen LogP contribution >= 0.6 is 11.6 Å². The summed E-state index contributed by atoms with van der Waals surface area (Å²) in [5.41, 5.74) is 0. The highest BCUT2D eigenvalue weighted by molar-refractivity contribution is 6.18. The van der Waals surface area contributed by atoms with Crippen molar-refractivity contribution in [1.82, 2.24) is 0 Å². The lowest BCUT2D eigenvalue weighted by Crippen LogP contribution is -1.64. The number of unbranched alkanes of at least 4 members (excludes halogenated alkanes) is 1. The second-order valence-electron chi connectivity index (χ2n) is 1.32. The number of alkyl halides is 1. The Morgan fingerprint density at radius 3 is 2.75 bits per heavy atom. The molecule has 0 heterocycles. The van der Waals surface area contributed by atoms with Gasteiger partial charge in [0.05, 0.1) is 6.07 Å². The molecule has 8 heavy (non-hydrogen) atoms. The predicted molar refractivity (Wildman–Crippen MR) is 34.7 cm³/mol. The minimum absolute atomic E-state index is 0.547. The Balaban J connectivity index is 2.94. The van der Waals surface area contributed by atoms with Gasteiger partial charge in [0.15, 0.2) is 0 Å². The van der Waals surface area contributed by atoms with Crippen molar-refractivity contribution in [3.8, 4) is 6.07 Å². The van der Waals surface area contributed by atoms with Gasteiger partial charge < -0.3 is 0 Å². The molecule has 0 saturated heterocycles. The quantitative estimate of drug-likeness (QED) is 0.325. The number of hydrogen-bond acceptors (Lipinski definition) is 1. The van der Waals surface area contributed by atoms with E-state index >= 15 is 0 Å². The fraction of sp³-hybridized carbons (Fsp3) is 0.500. The summed E-state index contributed by atoms with van der Waals surface area (Å²) in [6.07, 6.45) is 5.17. The average molecular weight is 130 g/mol. The molecule has 0 aromatic heterocycles. The molecule has 0 aliphatic rings. The molecular weight excluding hydrogens is 122 g/mol. The van der Waals surface area contributed by atoms with Crippen LogP contribution in [-0.2, 0) is 0 Å². The van der Waals surface area contributed by atoms with Gasteiger partial charge in [-0.25, -0.2) is 0 Å². The molecule has 0 aromatic rings. The standard InChI is InChI=1S/C6H8ClN/c7-5-3-1-2-4-6-8/h1,3H,2,4-5H2/b3-1+. The van der Waals surface area contributed by atoms with Gasteiger partial charge >= 0.3 is 0 Å². The molecule has 0 fully saturated rings. The molecule has 0 N–H and O–H groups in total. The number of allylic oxidation sites excluding steroid dienone is 2. The van der Waals surface area contributed by atoms with E-state index in [1.807, 2.05) is 18.2 Å². The van der Waals surface area contributed by atoms with E-state index in [4.69, 9.17) is 16.9 Å². The number of nitrogens with zero attached hydrogens (tertiary/aromatic N) is 1. The van der Waals surface area contributed by atoms with Crippen LogP contribution in [0.25, 0.3) is 0 Å². The maximum atomic E-state index is 8.05. The van der Waals surface area contributed by atoms with Crippen molar-refractivity contribution in [3.05, 3.63) is 12.2 Å². The van der Waals surface area contributed by atoms with Crippen molar-refractivity contribution in [3.63, 3.8) is 0 Å². The number of nitriles is 1. The van der Waals surface area contributed by atoms with Crippen LogP contribution in [-0.4, -0.2) is 5.88 Å². The minimum Gasteiger partial charge on any atom is -0.198 e. The summed E-state index contributed by atoms with van der Waals surface area (Å²) < 4.78 is 0. The predicted octanol–water partition coefficient (Wildman–Crippen LogP) is 2.09. The third-order valence-corrected chi connectivity index (χ3v) is 0.857. The molecule has 0 bridgehead atoms. The van der Waals surface area contributed by atoms with Crippen molar-refractivity contribution < 1.29 is 0 Å². The second kappa shape index (κ2) is 6.52. The van der Waals surface area contributed by atoms with E-state index in [-0.39, 0.29) is 0 Å². The van der Waals surface area contributed by atoms with Crippen LogP contribution in [0.4, 0.5) is 0 Å². The van der Waals surface area contributed by atoms with E-state index in [1.54, 1.807) is 0 Å². The minimum atomic E-state index is 0.547. The van der Waals surface area contributed by atoms with Crippen LogP contribution in [0.5, 0.6) is 0 Å². The third-order valence-electron chi connectivity index (χ3n) is 0.679. The van der Waals surface area contributed by atoms with E-state index in [0.717, 1.165) is 6.42 Å². The third kappa shape index (κ3) is 5.52. The lowest BCUT2D eigenvalue weighted by atomic mass is 10.3. The van der Waals surface area contributed by atoms with Crippen molar-refractivity contribution in [1.29, 1.82) is 5.26 Å². The maximum absolute atomic E-state index is 8.05. The molecular formula is C6H8ClN. The maximum Gasteiger partial charge on any atom is 0.0624 e. The topological polar surface area (TPSA) is 23.8 Å². The lowest BCUT2D eigenvalue weighted by Gasteiger charge is -1.77. The molecule has 2 heteroatoms. The molecule has 0 atom stereocenters. The van der Waals surface area contributed by atoms with E-state index in [2.05, 4.69) is 0 Å². The SMILES string of the molecule is N#CCC/C=C/CCl. The van der Waals surface area contributed by atoms with Crippen LogP contribution in [0.15, 0.2) is 12.2 Å². The van der Waals surface area contributed by atoms with E-state index in [9.17, 15) is 0 Å². The normalized spacial score (nSPS) is 9.50. The summed E-state index contributed by atoms with van der Waals surface area (Å²) in [5, 5.41) is 8.05. The van der Waals surface area contributed by atoms with Gasteiger partial charge in [0.1, 0.15) is 0 Å². The molecule has 0 rings (SSSR count). The summed E-state index contributed by atoms with van der Waals surface area (Å²) in [6.45, 7) is 0. The first-order valence-electron chi connectivity index (χ1n) is 2.49.